The van der Waals surface area contributed by atoms with Crippen LogP contribution in [0.25, 0.3) is 0 Å². The van der Waals surface area contributed by atoms with Gasteiger partial charge in [-0.15, -0.1) is 0 Å². The van der Waals surface area contributed by atoms with Crippen molar-refractivity contribution in [2.75, 3.05) is 13.6 Å². The standard InChI is InChI=1S/C7H16N2O2/c1-4-8-11-9(3)10-7(2)5-6-7/h8H,4-6H2,1-3H3. The molecule has 66 valence electrons. The van der Waals surface area contributed by atoms with Gasteiger partial charge in [-0.2, -0.15) is 10.4 Å². The van der Waals surface area contributed by atoms with Gasteiger partial charge in [0.05, 0.1) is 5.60 Å². The van der Waals surface area contributed by atoms with Crippen molar-refractivity contribution in [3.63, 3.8) is 0 Å². The molecule has 0 bridgehead atoms. The summed E-state index contributed by atoms with van der Waals surface area (Å²) in [7, 11) is 1.74. The summed E-state index contributed by atoms with van der Waals surface area (Å²) in [5.41, 5.74) is 2.73. The summed E-state index contributed by atoms with van der Waals surface area (Å²) < 4.78 is 0. The van der Waals surface area contributed by atoms with Crippen molar-refractivity contribution in [3.8, 4) is 0 Å². The van der Waals surface area contributed by atoms with Gasteiger partial charge in [-0.1, -0.05) is 6.92 Å². The molecule has 0 saturated heterocycles. The van der Waals surface area contributed by atoms with Gasteiger partial charge in [-0.05, 0) is 25.0 Å². The van der Waals surface area contributed by atoms with Crippen molar-refractivity contribution in [2.45, 2.75) is 32.3 Å². The Hall–Kier alpha value is -0.160. The molecule has 0 heterocycles. The average molecular weight is 160 g/mol. The molecule has 1 fully saturated rings. The van der Waals surface area contributed by atoms with E-state index in [1.807, 2.05) is 6.92 Å². The van der Waals surface area contributed by atoms with Crippen LogP contribution in [0.3, 0.4) is 0 Å². The van der Waals surface area contributed by atoms with Gasteiger partial charge in [0, 0.05) is 13.6 Å². The van der Waals surface area contributed by atoms with E-state index >= 15 is 0 Å². The van der Waals surface area contributed by atoms with E-state index in [0.29, 0.717) is 0 Å². The molecule has 11 heavy (non-hydrogen) atoms. The number of hydrogen-bond donors (Lipinski definition) is 1. The van der Waals surface area contributed by atoms with Crippen LogP contribution < -0.4 is 5.48 Å². The Balaban J connectivity index is 2.05. The lowest BCUT2D eigenvalue weighted by Crippen LogP contribution is -2.32. The van der Waals surface area contributed by atoms with Crippen LogP contribution in [-0.2, 0) is 9.78 Å². The van der Waals surface area contributed by atoms with E-state index in [2.05, 4.69) is 12.4 Å². The molecule has 0 unspecified atom stereocenters. The quantitative estimate of drug-likeness (QED) is 0.605. The van der Waals surface area contributed by atoms with Crippen LogP contribution in [0.5, 0.6) is 0 Å². The summed E-state index contributed by atoms with van der Waals surface area (Å²) in [5.74, 6) is 0. The lowest BCUT2D eigenvalue weighted by atomic mass is 10.4. The van der Waals surface area contributed by atoms with Crippen LogP contribution in [0.1, 0.15) is 26.7 Å². The topological polar surface area (TPSA) is 33.7 Å². The van der Waals surface area contributed by atoms with Crippen molar-refractivity contribution in [1.82, 2.24) is 10.7 Å². The Kier molecular flexibility index (Phi) is 2.84. The van der Waals surface area contributed by atoms with Crippen LogP contribution in [-0.4, -0.2) is 24.4 Å². The normalized spacial score (nSPS) is 20.7. The van der Waals surface area contributed by atoms with E-state index < -0.39 is 0 Å². The first kappa shape index (κ1) is 8.93. The molecule has 0 aromatic heterocycles. The predicted octanol–water partition coefficient (Wildman–Crippen LogP) is 0.858. The molecule has 1 saturated carbocycles. The third kappa shape index (κ3) is 3.16. The Bertz CT molecular complexity index is 126. The first-order chi connectivity index (χ1) is 5.16. The molecular weight excluding hydrogens is 144 g/mol. The zero-order valence-electron chi connectivity index (χ0n) is 7.39. The highest BCUT2D eigenvalue weighted by molar-refractivity contribution is 4.89. The Morgan fingerprint density at radius 1 is 1.55 bits per heavy atom. The van der Waals surface area contributed by atoms with Gasteiger partial charge in [0.25, 0.3) is 0 Å². The molecule has 4 heteroatoms. The molecule has 0 amide bonds. The van der Waals surface area contributed by atoms with Gasteiger partial charge in [-0.25, -0.2) is 0 Å². The molecule has 0 aromatic rings. The first-order valence-electron chi connectivity index (χ1n) is 3.99. The number of hydroxylamine groups is 3. The molecule has 0 aliphatic heterocycles. The Labute approximate surface area is 67.3 Å². The third-order valence-corrected chi connectivity index (χ3v) is 1.64. The van der Waals surface area contributed by atoms with E-state index in [0.717, 1.165) is 19.4 Å². The van der Waals surface area contributed by atoms with Gasteiger partial charge < -0.3 is 0 Å². The summed E-state index contributed by atoms with van der Waals surface area (Å²) in [6.45, 7) is 4.80. The van der Waals surface area contributed by atoms with Gasteiger partial charge in [0.15, 0.2) is 0 Å². The second-order valence-electron chi connectivity index (χ2n) is 3.07. The fraction of sp³-hybridized carbons (Fsp3) is 1.00. The summed E-state index contributed by atoms with van der Waals surface area (Å²) >= 11 is 0. The zero-order chi connectivity index (χ0) is 8.32. The van der Waals surface area contributed by atoms with E-state index in [9.17, 15) is 0 Å². The minimum atomic E-state index is 0.0319. The molecule has 1 rings (SSSR count). The van der Waals surface area contributed by atoms with Crippen molar-refractivity contribution in [1.29, 1.82) is 0 Å². The fourth-order valence-electron chi connectivity index (χ4n) is 0.752. The zero-order valence-corrected chi connectivity index (χ0v) is 7.39. The van der Waals surface area contributed by atoms with Gasteiger partial charge in [0.2, 0.25) is 0 Å². The van der Waals surface area contributed by atoms with Crippen molar-refractivity contribution in [3.05, 3.63) is 0 Å². The van der Waals surface area contributed by atoms with E-state index in [4.69, 9.17) is 9.78 Å². The monoisotopic (exact) mass is 160 g/mol. The fourth-order valence-corrected chi connectivity index (χ4v) is 0.752. The number of hydrogen-bond acceptors (Lipinski definition) is 4. The van der Waals surface area contributed by atoms with Gasteiger partial charge >= 0.3 is 0 Å². The molecule has 0 aromatic carbocycles. The smallest absolute Gasteiger partial charge is 0.0901 e. The van der Waals surface area contributed by atoms with Crippen LogP contribution in [0.15, 0.2) is 0 Å². The lowest BCUT2D eigenvalue weighted by molar-refractivity contribution is -0.399. The van der Waals surface area contributed by atoms with Crippen LogP contribution in [0.2, 0.25) is 0 Å². The summed E-state index contributed by atoms with van der Waals surface area (Å²) in [4.78, 5) is 10.4. The van der Waals surface area contributed by atoms with Gasteiger partial charge in [0.1, 0.15) is 0 Å². The number of nitrogens with one attached hydrogen (secondary N) is 1. The highest BCUT2D eigenvalue weighted by atomic mass is 17.0. The molecule has 1 aliphatic carbocycles. The maximum atomic E-state index is 5.40. The van der Waals surface area contributed by atoms with Gasteiger partial charge in [-0.3, -0.25) is 4.84 Å². The van der Waals surface area contributed by atoms with Crippen LogP contribution in [0.4, 0.5) is 0 Å². The third-order valence-electron chi connectivity index (χ3n) is 1.64. The molecule has 1 N–H and O–H groups in total. The maximum absolute atomic E-state index is 5.40. The minimum Gasteiger partial charge on any atom is -0.267 e. The second kappa shape index (κ2) is 3.49. The van der Waals surface area contributed by atoms with E-state index in [1.54, 1.807) is 7.05 Å². The van der Waals surface area contributed by atoms with Crippen LogP contribution in [0, 0.1) is 0 Å². The van der Waals surface area contributed by atoms with Crippen molar-refractivity contribution < 1.29 is 9.78 Å². The minimum absolute atomic E-state index is 0.0319. The Morgan fingerprint density at radius 2 is 2.18 bits per heavy atom. The van der Waals surface area contributed by atoms with Crippen molar-refractivity contribution in [2.24, 2.45) is 0 Å². The highest BCUT2D eigenvalue weighted by Crippen LogP contribution is 2.38. The molecule has 0 radical (unpaired) electrons. The average Bonchev–Trinajstić information content (AvgIpc) is 2.63. The first-order valence-corrected chi connectivity index (χ1v) is 3.99. The maximum Gasteiger partial charge on any atom is 0.0901 e. The second-order valence-corrected chi connectivity index (χ2v) is 3.07. The Morgan fingerprint density at radius 3 is 2.64 bits per heavy atom. The molecular formula is C7H16N2O2. The van der Waals surface area contributed by atoms with E-state index in [1.165, 1.54) is 5.23 Å². The predicted molar refractivity (Wildman–Crippen MR) is 41.2 cm³/mol. The highest BCUT2D eigenvalue weighted by Gasteiger charge is 2.40. The number of nitrogens with zero attached hydrogens (tertiary/aromatic N) is 1. The molecule has 0 atom stereocenters. The van der Waals surface area contributed by atoms with E-state index in [-0.39, 0.29) is 5.60 Å². The largest absolute Gasteiger partial charge is 0.267 e. The lowest BCUT2D eigenvalue weighted by Gasteiger charge is -2.19. The summed E-state index contributed by atoms with van der Waals surface area (Å²) in [6.07, 6.45) is 2.24. The SMILES string of the molecule is CCNON(C)OC1(C)CC1. The molecule has 0 spiro atoms. The molecule has 1 aliphatic rings. The van der Waals surface area contributed by atoms with Crippen molar-refractivity contribution >= 4 is 0 Å². The molecule has 4 nitrogen and oxygen atoms in total. The summed E-state index contributed by atoms with van der Waals surface area (Å²) in [6, 6.07) is 0. The number of rotatable bonds is 5. The van der Waals surface area contributed by atoms with Crippen LogP contribution >= 0.6 is 0 Å². The summed E-state index contributed by atoms with van der Waals surface area (Å²) in [5, 5.41) is 1.37.